The van der Waals surface area contributed by atoms with Crippen molar-refractivity contribution in [1.29, 1.82) is 0 Å². The molecule has 0 bridgehead atoms. The Hall–Kier alpha value is -2.28. The standard InChI is InChI=1S/C15H21N3O8S/c1-17(27(23,24)14-6-4-3-5-12(14)18(21)22)10-7-11(16-15(19)20)13(8-10)26-9-25-2/h3-6,10-11,13,16H,7-9H2,1-2H3,(H,19,20)/t10-,11+,13+/m0/s1. The van der Waals surface area contributed by atoms with Crippen molar-refractivity contribution in [3.8, 4) is 0 Å². The van der Waals surface area contributed by atoms with E-state index in [1.54, 1.807) is 0 Å². The van der Waals surface area contributed by atoms with E-state index >= 15 is 0 Å². The number of nitro groups is 1. The number of sulfonamides is 1. The number of methoxy groups -OCH3 is 1. The molecule has 2 rings (SSSR count). The Morgan fingerprint density at radius 2 is 2.07 bits per heavy atom. The lowest BCUT2D eigenvalue weighted by molar-refractivity contribution is -0.387. The molecule has 11 nitrogen and oxygen atoms in total. The number of para-hydroxylation sites is 1. The van der Waals surface area contributed by atoms with Crippen LogP contribution in [0.1, 0.15) is 12.8 Å². The summed E-state index contributed by atoms with van der Waals surface area (Å²) in [7, 11) is -1.44. The van der Waals surface area contributed by atoms with Gasteiger partial charge in [0.25, 0.3) is 5.69 Å². The molecule has 1 amide bonds. The van der Waals surface area contributed by atoms with E-state index in [4.69, 9.17) is 14.6 Å². The van der Waals surface area contributed by atoms with Crippen molar-refractivity contribution in [3.05, 3.63) is 34.4 Å². The lowest BCUT2D eigenvalue weighted by atomic mass is 10.2. The molecule has 1 aromatic rings. The maximum atomic E-state index is 12.9. The quantitative estimate of drug-likeness (QED) is 0.371. The number of amides is 1. The van der Waals surface area contributed by atoms with E-state index in [0.717, 1.165) is 10.4 Å². The van der Waals surface area contributed by atoms with Crippen LogP contribution in [-0.2, 0) is 19.5 Å². The number of carboxylic acid groups (broad SMARTS) is 1. The molecule has 3 atom stereocenters. The summed E-state index contributed by atoms with van der Waals surface area (Å²) >= 11 is 0. The summed E-state index contributed by atoms with van der Waals surface area (Å²) in [6.45, 7) is -0.0736. The average molecular weight is 403 g/mol. The zero-order valence-corrected chi connectivity index (χ0v) is 15.6. The lowest BCUT2D eigenvalue weighted by Gasteiger charge is -2.23. The second-order valence-electron chi connectivity index (χ2n) is 6.04. The first-order chi connectivity index (χ1) is 12.7. The number of hydrogen-bond acceptors (Lipinski definition) is 7. The number of nitrogens with zero attached hydrogens (tertiary/aromatic N) is 2. The molecule has 27 heavy (non-hydrogen) atoms. The van der Waals surface area contributed by atoms with E-state index in [2.05, 4.69) is 5.32 Å². The SMILES string of the molecule is COCO[C@@H]1C[C@@H](N(C)S(=O)(=O)c2ccccc2[N+](=O)[O-])C[C@H]1NC(=O)O. The highest BCUT2D eigenvalue weighted by Gasteiger charge is 2.42. The molecule has 150 valence electrons. The minimum atomic E-state index is -4.16. The molecule has 0 saturated heterocycles. The van der Waals surface area contributed by atoms with Crippen molar-refractivity contribution in [1.82, 2.24) is 9.62 Å². The number of hydrogen-bond donors (Lipinski definition) is 2. The van der Waals surface area contributed by atoms with E-state index < -0.39 is 49.8 Å². The Balaban J connectivity index is 2.27. The molecule has 1 fully saturated rings. The van der Waals surface area contributed by atoms with Crippen LogP contribution in [0.3, 0.4) is 0 Å². The molecule has 2 N–H and O–H groups in total. The smallest absolute Gasteiger partial charge is 0.404 e. The molecule has 0 unspecified atom stereocenters. The zero-order valence-electron chi connectivity index (χ0n) is 14.8. The number of rotatable bonds is 8. The maximum absolute atomic E-state index is 12.9. The third-order valence-corrected chi connectivity index (χ3v) is 6.38. The van der Waals surface area contributed by atoms with Gasteiger partial charge in [-0.3, -0.25) is 10.1 Å². The summed E-state index contributed by atoms with van der Waals surface area (Å²) in [5, 5.41) is 22.5. The Kier molecular flexibility index (Phi) is 6.70. The predicted molar refractivity (Wildman–Crippen MR) is 92.8 cm³/mol. The Labute approximate surface area is 156 Å². The summed E-state index contributed by atoms with van der Waals surface area (Å²) in [5.74, 6) is 0. The van der Waals surface area contributed by atoms with Crippen LogP contribution < -0.4 is 5.32 Å². The van der Waals surface area contributed by atoms with Crippen molar-refractivity contribution < 1.29 is 32.7 Å². The molecular weight excluding hydrogens is 382 g/mol. The minimum Gasteiger partial charge on any atom is -0.465 e. The van der Waals surface area contributed by atoms with Gasteiger partial charge in [-0.05, 0) is 18.9 Å². The van der Waals surface area contributed by atoms with Crippen LogP contribution in [0.25, 0.3) is 0 Å². The van der Waals surface area contributed by atoms with Gasteiger partial charge in [-0.25, -0.2) is 13.2 Å². The van der Waals surface area contributed by atoms with Crippen LogP contribution in [0.15, 0.2) is 29.2 Å². The maximum Gasteiger partial charge on any atom is 0.404 e. The van der Waals surface area contributed by atoms with Gasteiger partial charge in [0.2, 0.25) is 10.0 Å². The predicted octanol–water partition coefficient (Wildman–Crippen LogP) is 1.00. The molecule has 0 heterocycles. The Morgan fingerprint density at radius 1 is 1.41 bits per heavy atom. The summed E-state index contributed by atoms with van der Waals surface area (Å²) in [6, 6.07) is 3.84. The van der Waals surface area contributed by atoms with Crippen molar-refractivity contribution in [2.75, 3.05) is 21.0 Å². The van der Waals surface area contributed by atoms with Gasteiger partial charge in [0.1, 0.15) is 6.79 Å². The van der Waals surface area contributed by atoms with E-state index in [1.807, 2.05) is 0 Å². The normalized spacial score (nSPS) is 22.7. The van der Waals surface area contributed by atoms with E-state index in [0.29, 0.717) is 0 Å². The first-order valence-corrected chi connectivity index (χ1v) is 9.44. The van der Waals surface area contributed by atoms with Gasteiger partial charge in [-0.1, -0.05) is 12.1 Å². The zero-order chi connectivity index (χ0) is 20.2. The number of nitro benzene ring substituents is 1. The van der Waals surface area contributed by atoms with Crippen molar-refractivity contribution in [3.63, 3.8) is 0 Å². The minimum absolute atomic E-state index is 0.0736. The number of ether oxygens (including phenoxy) is 2. The van der Waals surface area contributed by atoms with Crippen molar-refractivity contribution >= 4 is 21.8 Å². The highest BCUT2D eigenvalue weighted by atomic mass is 32.2. The van der Waals surface area contributed by atoms with Crippen molar-refractivity contribution in [2.24, 2.45) is 0 Å². The second kappa shape index (κ2) is 8.61. The molecule has 0 aromatic heterocycles. The van der Waals surface area contributed by atoms with E-state index in [1.165, 1.54) is 32.4 Å². The Morgan fingerprint density at radius 3 is 2.67 bits per heavy atom. The van der Waals surface area contributed by atoms with Gasteiger partial charge in [0.15, 0.2) is 4.90 Å². The third kappa shape index (κ3) is 4.71. The summed E-state index contributed by atoms with van der Waals surface area (Å²) < 4.78 is 37.1. The first-order valence-electron chi connectivity index (χ1n) is 8.00. The summed E-state index contributed by atoms with van der Waals surface area (Å²) in [5.41, 5.74) is -0.519. The van der Waals surface area contributed by atoms with Crippen LogP contribution >= 0.6 is 0 Å². The van der Waals surface area contributed by atoms with Crippen LogP contribution in [0.5, 0.6) is 0 Å². The lowest BCUT2D eigenvalue weighted by Crippen LogP contribution is -2.41. The van der Waals surface area contributed by atoms with Gasteiger partial charge in [-0.2, -0.15) is 4.31 Å². The summed E-state index contributed by atoms with van der Waals surface area (Å²) in [4.78, 5) is 21.0. The van der Waals surface area contributed by atoms with Crippen molar-refractivity contribution in [2.45, 2.75) is 35.9 Å². The average Bonchev–Trinajstić information content (AvgIpc) is 3.00. The van der Waals surface area contributed by atoms with Crippen LogP contribution in [-0.4, -0.2) is 68.0 Å². The molecule has 0 spiro atoms. The molecular formula is C15H21N3O8S. The molecule has 12 heteroatoms. The van der Waals surface area contributed by atoms with Crippen LogP contribution in [0.4, 0.5) is 10.5 Å². The molecule has 1 aliphatic carbocycles. The van der Waals surface area contributed by atoms with Crippen LogP contribution in [0, 0.1) is 10.1 Å². The number of benzene rings is 1. The van der Waals surface area contributed by atoms with Gasteiger partial charge < -0.3 is 19.9 Å². The molecule has 0 radical (unpaired) electrons. The van der Waals surface area contributed by atoms with E-state index in [-0.39, 0.29) is 19.6 Å². The topological polar surface area (TPSA) is 148 Å². The number of carbonyl (C=O) groups is 1. The van der Waals surface area contributed by atoms with Gasteiger partial charge in [0, 0.05) is 26.3 Å². The summed E-state index contributed by atoms with van der Waals surface area (Å²) in [6.07, 6.45) is -1.47. The highest BCUT2D eigenvalue weighted by molar-refractivity contribution is 7.89. The monoisotopic (exact) mass is 403 g/mol. The fraction of sp³-hybridized carbons (Fsp3) is 0.533. The first kappa shape index (κ1) is 21.0. The molecule has 1 aromatic carbocycles. The van der Waals surface area contributed by atoms with Crippen LogP contribution in [0.2, 0.25) is 0 Å². The fourth-order valence-corrected chi connectivity index (χ4v) is 4.63. The fourth-order valence-electron chi connectivity index (χ4n) is 3.10. The van der Waals surface area contributed by atoms with Gasteiger partial charge in [0.05, 0.1) is 17.1 Å². The second-order valence-corrected chi connectivity index (χ2v) is 8.00. The molecule has 1 saturated carbocycles. The molecule has 1 aliphatic rings. The highest BCUT2D eigenvalue weighted by Crippen LogP contribution is 2.32. The number of nitrogens with one attached hydrogen (secondary N) is 1. The van der Waals surface area contributed by atoms with Gasteiger partial charge in [-0.15, -0.1) is 0 Å². The third-order valence-electron chi connectivity index (χ3n) is 4.42. The van der Waals surface area contributed by atoms with E-state index in [9.17, 15) is 23.3 Å². The Bertz CT molecular complexity index is 800. The largest absolute Gasteiger partial charge is 0.465 e. The van der Waals surface area contributed by atoms with Gasteiger partial charge >= 0.3 is 6.09 Å². The molecule has 0 aliphatic heterocycles.